The molecule has 0 fully saturated rings. The lowest BCUT2D eigenvalue weighted by Crippen LogP contribution is -1.99. The molecule has 372 valence electrons. The third-order valence-corrected chi connectivity index (χ3v) is 13.1. The number of phenols is 3. The first kappa shape index (κ1) is 54.8. The number of aromatic hydroxyl groups is 3. The largest absolute Gasteiger partial charge is 0.508 e. The first-order valence-electron chi connectivity index (χ1n) is 27.2. The monoisotopic (exact) mass is 963 g/mol. The molecule has 6 aromatic carbocycles. The van der Waals surface area contributed by atoms with Crippen LogP contribution in [0.3, 0.4) is 0 Å². The van der Waals surface area contributed by atoms with Crippen LogP contribution < -0.4 is 0 Å². The first-order chi connectivity index (χ1) is 35.7. The highest BCUT2D eigenvalue weighted by atomic mass is 16.3. The fourth-order valence-electron chi connectivity index (χ4n) is 8.82. The molecule has 0 aliphatic heterocycles. The number of phenolic OH excluding ortho intramolecular Hbond substituents is 3. The van der Waals surface area contributed by atoms with Gasteiger partial charge in [-0.2, -0.15) is 0 Å². The van der Waals surface area contributed by atoms with Crippen LogP contribution in [-0.4, -0.2) is 15.3 Å². The van der Waals surface area contributed by atoms with Crippen molar-refractivity contribution in [3.8, 4) is 76.5 Å². The molecule has 73 heavy (non-hydrogen) atoms. The molecule has 0 aromatic heterocycles. The van der Waals surface area contributed by atoms with Crippen LogP contribution in [0.5, 0.6) is 17.2 Å². The Balaban J connectivity index is 1.47. The molecule has 0 aliphatic rings. The van der Waals surface area contributed by atoms with Gasteiger partial charge < -0.3 is 15.3 Å². The summed E-state index contributed by atoms with van der Waals surface area (Å²) in [5.41, 5.74) is 14.1. The zero-order valence-corrected chi connectivity index (χ0v) is 44.0. The smallest absolute Gasteiger partial charge is 0.115 e. The summed E-state index contributed by atoms with van der Waals surface area (Å²) >= 11 is 0. The van der Waals surface area contributed by atoms with Crippen molar-refractivity contribution in [2.75, 3.05) is 0 Å². The summed E-state index contributed by atoms with van der Waals surface area (Å²) in [4.78, 5) is 0. The Bertz CT molecular complexity index is 2860. The van der Waals surface area contributed by atoms with Gasteiger partial charge in [0.15, 0.2) is 0 Å². The van der Waals surface area contributed by atoms with E-state index in [9.17, 15) is 15.3 Å². The number of rotatable bonds is 20. The molecular formula is C70H74O3. The summed E-state index contributed by atoms with van der Waals surface area (Å²) in [5, 5.41) is 29.7. The van der Waals surface area contributed by atoms with Crippen LogP contribution in [0.25, 0.3) is 0 Å². The van der Waals surface area contributed by atoms with Gasteiger partial charge in [-0.25, -0.2) is 0 Å². The molecule has 0 unspecified atom stereocenters. The first-order valence-corrected chi connectivity index (χ1v) is 27.2. The van der Waals surface area contributed by atoms with Crippen molar-refractivity contribution in [3.05, 3.63) is 193 Å². The van der Waals surface area contributed by atoms with Gasteiger partial charge in [-0.15, -0.1) is 0 Å². The second kappa shape index (κ2) is 30.4. The van der Waals surface area contributed by atoms with Crippen LogP contribution in [-0.2, 0) is 25.7 Å². The number of benzene rings is 6. The van der Waals surface area contributed by atoms with Crippen LogP contribution in [0.15, 0.2) is 115 Å². The minimum atomic E-state index is 0.206. The number of hydrogen-bond donors (Lipinski definition) is 3. The minimum Gasteiger partial charge on any atom is -0.508 e. The van der Waals surface area contributed by atoms with Crippen LogP contribution in [0.2, 0.25) is 0 Å². The van der Waals surface area contributed by atoms with E-state index in [0.29, 0.717) is 0 Å². The normalized spacial score (nSPS) is 10.4. The summed E-state index contributed by atoms with van der Waals surface area (Å²) in [5.74, 6) is 35.7. The summed E-state index contributed by atoms with van der Waals surface area (Å²) in [6, 6.07) is 36.6. The molecule has 6 rings (SSSR count). The molecule has 0 heterocycles. The summed E-state index contributed by atoms with van der Waals surface area (Å²) in [6.45, 7) is 8.99. The maximum absolute atomic E-state index is 9.95. The maximum Gasteiger partial charge on any atom is 0.115 e. The quantitative estimate of drug-likeness (QED) is 0.0528. The highest BCUT2D eigenvalue weighted by Crippen LogP contribution is 2.25. The van der Waals surface area contributed by atoms with Gasteiger partial charge >= 0.3 is 0 Å². The van der Waals surface area contributed by atoms with E-state index in [1.54, 1.807) is 36.4 Å². The van der Waals surface area contributed by atoms with Gasteiger partial charge in [0.05, 0.1) is 0 Å². The highest BCUT2D eigenvalue weighted by molar-refractivity contribution is 5.60. The van der Waals surface area contributed by atoms with Gasteiger partial charge in [0.1, 0.15) is 17.2 Å². The SMILES string of the molecule is CCCCCCc1cc(C#Cc2cc(C#Cc3ccc(O)cc3)cc(C#Cc3cc(CCCCCC)c(C#Cc4ccc(O)cc4)cc3CCCCCC)c2)c(CCCCCC)cc1C#Cc1ccc(O)cc1. The van der Waals surface area contributed by atoms with Crippen molar-refractivity contribution in [1.29, 1.82) is 0 Å². The molecule has 0 atom stereocenters. The van der Waals surface area contributed by atoms with E-state index < -0.39 is 0 Å². The molecule has 0 spiro atoms. The van der Waals surface area contributed by atoms with Crippen molar-refractivity contribution < 1.29 is 15.3 Å². The van der Waals surface area contributed by atoms with E-state index in [0.717, 1.165) is 120 Å². The highest BCUT2D eigenvalue weighted by Gasteiger charge is 2.12. The van der Waals surface area contributed by atoms with Crippen LogP contribution >= 0.6 is 0 Å². The molecule has 0 aliphatic carbocycles. The van der Waals surface area contributed by atoms with E-state index in [-0.39, 0.29) is 17.2 Å². The lowest BCUT2D eigenvalue weighted by molar-refractivity contribution is 0.474. The van der Waals surface area contributed by atoms with Gasteiger partial charge in [-0.1, -0.05) is 164 Å². The van der Waals surface area contributed by atoms with E-state index in [4.69, 9.17) is 0 Å². The zero-order chi connectivity index (χ0) is 51.5. The van der Waals surface area contributed by atoms with Gasteiger partial charge in [-0.05, 0) is 189 Å². The standard InChI is InChI=1S/C70H74O3/c1-5-9-13-17-21-60-52-66(62(23-19-15-11-7-3)50-64(60)37-27-55-33-43-69(72)44-34-55)39-29-58-47-57(26-25-54-31-41-68(71)42-32-54)48-59(49-58)30-40-67-53-61(22-18-14-10-6-2)65(51-63(67)24-20-16-12-8-4)38-28-56-35-45-70(73)46-36-56/h31-36,41-53,71-73H,5-24H2,1-4H3. The Morgan fingerprint density at radius 2 is 0.466 bits per heavy atom. The van der Waals surface area contributed by atoms with E-state index in [1.807, 2.05) is 36.4 Å². The number of hydrogen-bond acceptors (Lipinski definition) is 3. The van der Waals surface area contributed by atoms with Crippen LogP contribution in [0, 0.1) is 59.2 Å². The summed E-state index contributed by atoms with van der Waals surface area (Å²) in [7, 11) is 0. The number of unbranched alkanes of at least 4 members (excludes halogenated alkanes) is 12. The molecule has 3 N–H and O–H groups in total. The summed E-state index contributed by atoms with van der Waals surface area (Å²) < 4.78 is 0. The van der Waals surface area contributed by atoms with E-state index in [1.165, 1.54) is 86.5 Å². The Morgan fingerprint density at radius 3 is 0.712 bits per heavy atom. The molecule has 3 heteroatoms. The van der Waals surface area contributed by atoms with Crippen molar-refractivity contribution in [2.24, 2.45) is 0 Å². The lowest BCUT2D eigenvalue weighted by Gasteiger charge is -2.12. The number of aryl methyl sites for hydroxylation is 4. The zero-order valence-electron chi connectivity index (χ0n) is 44.0. The lowest BCUT2D eigenvalue weighted by atomic mass is 9.92. The van der Waals surface area contributed by atoms with E-state index >= 15 is 0 Å². The fourth-order valence-corrected chi connectivity index (χ4v) is 8.82. The third kappa shape index (κ3) is 18.9. The van der Waals surface area contributed by atoms with Gasteiger partial charge in [-0.3, -0.25) is 0 Å². The Morgan fingerprint density at radius 1 is 0.247 bits per heavy atom. The maximum atomic E-state index is 9.95. The van der Waals surface area contributed by atoms with Gasteiger partial charge in [0.25, 0.3) is 0 Å². The third-order valence-electron chi connectivity index (χ3n) is 13.1. The van der Waals surface area contributed by atoms with Crippen molar-refractivity contribution in [2.45, 2.75) is 156 Å². The Labute approximate surface area is 439 Å². The van der Waals surface area contributed by atoms with Crippen molar-refractivity contribution >= 4 is 0 Å². The summed E-state index contributed by atoms with van der Waals surface area (Å²) in [6.07, 6.45) is 22.2. The van der Waals surface area contributed by atoms with Crippen LogP contribution in [0.4, 0.5) is 0 Å². The molecular weight excluding hydrogens is 889 g/mol. The van der Waals surface area contributed by atoms with Crippen LogP contribution in [0.1, 0.15) is 208 Å². The van der Waals surface area contributed by atoms with Gasteiger partial charge in [0, 0.05) is 55.6 Å². The van der Waals surface area contributed by atoms with Crippen molar-refractivity contribution in [3.63, 3.8) is 0 Å². The van der Waals surface area contributed by atoms with E-state index in [2.05, 4.69) is 129 Å². The fraction of sp³-hybridized carbons (Fsp3) is 0.343. The Kier molecular flexibility index (Phi) is 22.8. The predicted octanol–water partition coefficient (Wildman–Crippen LogP) is 16.3. The van der Waals surface area contributed by atoms with Gasteiger partial charge in [0.2, 0.25) is 0 Å². The molecule has 3 nitrogen and oxygen atoms in total. The predicted molar refractivity (Wildman–Crippen MR) is 305 cm³/mol. The minimum absolute atomic E-state index is 0.206. The average molecular weight is 963 g/mol. The topological polar surface area (TPSA) is 60.7 Å². The average Bonchev–Trinajstić information content (AvgIpc) is 3.40. The molecule has 0 radical (unpaired) electrons. The molecule has 0 bridgehead atoms. The Hall–Kier alpha value is -7.48. The van der Waals surface area contributed by atoms with Crippen molar-refractivity contribution in [1.82, 2.24) is 0 Å². The molecule has 0 amide bonds. The molecule has 0 saturated heterocycles. The molecule has 0 saturated carbocycles. The second-order valence-electron chi connectivity index (χ2n) is 19.3. The second-order valence-corrected chi connectivity index (χ2v) is 19.3. The molecule has 6 aromatic rings.